The topological polar surface area (TPSA) is 69.3 Å². The van der Waals surface area contributed by atoms with Crippen LogP contribution in [0.3, 0.4) is 0 Å². The zero-order chi connectivity index (χ0) is 14.4. The molecule has 2 aromatic rings. The minimum Gasteiger partial charge on any atom is -0.349 e. The molecule has 1 saturated carbocycles. The molecule has 3 atom stereocenters. The summed E-state index contributed by atoms with van der Waals surface area (Å²) in [4.78, 5) is 12.5. The second-order valence-corrected chi connectivity index (χ2v) is 5.97. The number of nitriles is 1. The first-order valence-corrected chi connectivity index (χ1v) is 7.29. The van der Waals surface area contributed by atoms with Crippen LogP contribution in [0.2, 0.25) is 0 Å². The van der Waals surface area contributed by atoms with Gasteiger partial charge < -0.3 is 15.0 Å². The number of nitrogens with one attached hydrogen (secondary N) is 2. The fraction of sp³-hybridized carbons (Fsp3) is 0.375. The van der Waals surface area contributed by atoms with Gasteiger partial charge in [-0.15, -0.1) is 0 Å². The first kappa shape index (κ1) is 12.4. The smallest absolute Gasteiger partial charge is 0.252 e. The molecule has 106 valence electrons. The van der Waals surface area contributed by atoms with E-state index in [-0.39, 0.29) is 11.9 Å². The van der Waals surface area contributed by atoms with Crippen molar-refractivity contribution in [3.05, 3.63) is 41.7 Å². The predicted molar refractivity (Wildman–Crippen MR) is 77.9 cm³/mol. The number of piperidine rings is 1. The molecule has 3 unspecified atom stereocenters. The average Bonchev–Trinajstić information content (AvgIpc) is 3.21. The quantitative estimate of drug-likeness (QED) is 0.871. The molecule has 4 rings (SSSR count). The molecule has 1 saturated heterocycles. The van der Waals surface area contributed by atoms with Gasteiger partial charge in [0.25, 0.3) is 5.91 Å². The molecular weight excluding hydrogens is 264 g/mol. The molecule has 2 aliphatic rings. The Bertz CT molecular complexity index is 757. The van der Waals surface area contributed by atoms with Gasteiger partial charge in [0, 0.05) is 36.5 Å². The number of hydrogen-bond acceptors (Lipinski definition) is 3. The summed E-state index contributed by atoms with van der Waals surface area (Å²) in [5.41, 5.74) is 1.81. The lowest BCUT2D eigenvalue weighted by molar-refractivity contribution is 0.0925. The number of rotatable bonds is 2. The summed E-state index contributed by atoms with van der Waals surface area (Å²) in [6.07, 6.45) is 5.73. The van der Waals surface area contributed by atoms with Crippen LogP contribution in [0.4, 0.5) is 0 Å². The summed E-state index contributed by atoms with van der Waals surface area (Å²) >= 11 is 0. The van der Waals surface area contributed by atoms with Crippen LogP contribution in [-0.2, 0) is 0 Å². The van der Waals surface area contributed by atoms with Crippen molar-refractivity contribution < 1.29 is 4.79 Å². The van der Waals surface area contributed by atoms with Crippen LogP contribution in [0.15, 0.2) is 30.6 Å². The van der Waals surface area contributed by atoms with Crippen molar-refractivity contribution in [1.29, 1.82) is 5.26 Å². The molecule has 1 aliphatic carbocycles. The van der Waals surface area contributed by atoms with Crippen LogP contribution in [0.25, 0.3) is 5.52 Å². The van der Waals surface area contributed by atoms with Crippen LogP contribution in [0, 0.1) is 17.2 Å². The van der Waals surface area contributed by atoms with Crippen LogP contribution >= 0.6 is 0 Å². The number of carbonyl (C=O) groups is 1. The molecule has 2 aromatic heterocycles. The van der Waals surface area contributed by atoms with Crippen molar-refractivity contribution in [3.63, 3.8) is 0 Å². The highest BCUT2D eigenvalue weighted by Gasteiger charge is 2.40. The van der Waals surface area contributed by atoms with Crippen molar-refractivity contribution in [3.8, 4) is 6.07 Å². The summed E-state index contributed by atoms with van der Waals surface area (Å²) in [6, 6.07) is 8.53. The second kappa shape index (κ2) is 4.61. The fourth-order valence-electron chi connectivity index (χ4n) is 3.62. The van der Waals surface area contributed by atoms with E-state index in [2.05, 4.69) is 16.7 Å². The van der Waals surface area contributed by atoms with E-state index in [0.717, 1.165) is 24.9 Å². The van der Waals surface area contributed by atoms with Gasteiger partial charge in [0.2, 0.25) is 0 Å². The summed E-state index contributed by atoms with van der Waals surface area (Å²) in [7, 11) is 0. The summed E-state index contributed by atoms with van der Waals surface area (Å²) < 4.78 is 1.86. The largest absolute Gasteiger partial charge is 0.349 e. The Morgan fingerprint density at radius 2 is 2.38 bits per heavy atom. The van der Waals surface area contributed by atoms with Crippen molar-refractivity contribution in [2.75, 3.05) is 6.54 Å². The summed E-state index contributed by atoms with van der Waals surface area (Å²) in [5, 5.41) is 15.8. The maximum absolute atomic E-state index is 12.5. The number of carbonyl (C=O) groups excluding carboxylic acids is 1. The van der Waals surface area contributed by atoms with Gasteiger partial charge in [0.1, 0.15) is 6.07 Å². The van der Waals surface area contributed by atoms with E-state index in [0.29, 0.717) is 23.1 Å². The fourth-order valence-corrected chi connectivity index (χ4v) is 3.62. The molecule has 0 spiro atoms. The normalized spacial score (nSPS) is 26.9. The van der Waals surface area contributed by atoms with Crippen LogP contribution < -0.4 is 10.6 Å². The summed E-state index contributed by atoms with van der Waals surface area (Å²) in [5.74, 6) is 0.398. The molecule has 5 nitrogen and oxygen atoms in total. The highest BCUT2D eigenvalue weighted by molar-refractivity contribution is 5.97. The maximum Gasteiger partial charge on any atom is 0.252 e. The van der Waals surface area contributed by atoms with E-state index in [1.54, 1.807) is 12.3 Å². The predicted octanol–water partition coefficient (Wildman–Crippen LogP) is 1.29. The van der Waals surface area contributed by atoms with Crippen molar-refractivity contribution in [2.24, 2.45) is 5.92 Å². The van der Waals surface area contributed by atoms with E-state index in [1.807, 2.05) is 22.7 Å². The van der Waals surface area contributed by atoms with E-state index in [1.165, 1.54) is 0 Å². The van der Waals surface area contributed by atoms with Gasteiger partial charge in [-0.05, 0) is 37.0 Å². The van der Waals surface area contributed by atoms with Crippen molar-refractivity contribution in [1.82, 2.24) is 15.0 Å². The van der Waals surface area contributed by atoms with Gasteiger partial charge in [0.05, 0.1) is 11.1 Å². The first-order valence-electron chi connectivity index (χ1n) is 7.29. The lowest BCUT2D eigenvalue weighted by Crippen LogP contribution is -2.44. The molecule has 1 aliphatic heterocycles. The van der Waals surface area contributed by atoms with Gasteiger partial charge in [-0.3, -0.25) is 4.79 Å². The Hall–Kier alpha value is -2.32. The van der Waals surface area contributed by atoms with Crippen molar-refractivity contribution in [2.45, 2.75) is 24.9 Å². The molecule has 0 aromatic carbocycles. The molecule has 21 heavy (non-hydrogen) atoms. The zero-order valence-electron chi connectivity index (χ0n) is 11.5. The van der Waals surface area contributed by atoms with Crippen LogP contribution in [-0.4, -0.2) is 28.9 Å². The third kappa shape index (κ3) is 1.99. The Morgan fingerprint density at radius 3 is 3.10 bits per heavy atom. The first-order chi connectivity index (χ1) is 10.2. The highest BCUT2D eigenvalue weighted by Crippen LogP contribution is 2.31. The third-order valence-electron chi connectivity index (χ3n) is 4.71. The monoisotopic (exact) mass is 280 g/mol. The van der Waals surface area contributed by atoms with Gasteiger partial charge in [0.15, 0.2) is 0 Å². The Balaban J connectivity index is 1.63. The minimum atomic E-state index is -0.132. The molecule has 2 N–H and O–H groups in total. The SMILES string of the molecule is N#Cc1cn2cccc2cc1C(=O)NC1CC2CC1CN2. The maximum atomic E-state index is 12.5. The van der Waals surface area contributed by atoms with Crippen molar-refractivity contribution >= 4 is 11.4 Å². The second-order valence-electron chi connectivity index (χ2n) is 5.97. The molecule has 3 heterocycles. The summed E-state index contributed by atoms with van der Waals surface area (Å²) in [6.45, 7) is 0.985. The number of hydrogen-bond donors (Lipinski definition) is 2. The number of amides is 1. The van der Waals surface area contributed by atoms with E-state index >= 15 is 0 Å². The molecular formula is C16H16N4O. The number of pyridine rings is 1. The standard InChI is InChI=1S/C16H16N4O/c17-7-11-9-20-3-1-2-13(20)6-14(11)16(21)19-15-5-12-4-10(15)8-18-12/h1-3,6,9-10,12,15,18H,4-5,8H2,(H,19,21). The molecule has 1 amide bonds. The number of aromatic nitrogens is 1. The molecule has 5 heteroatoms. The Morgan fingerprint density at radius 1 is 1.48 bits per heavy atom. The van der Waals surface area contributed by atoms with Gasteiger partial charge in [-0.1, -0.05) is 0 Å². The van der Waals surface area contributed by atoms with E-state index < -0.39 is 0 Å². The van der Waals surface area contributed by atoms with Crippen LogP contribution in [0.5, 0.6) is 0 Å². The lowest BCUT2D eigenvalue weighted by Gasteiger charge is -2.23. The van der Waals surface area contributed by atoms with Gasteiger partial charge in [-0.2, -0.15) is 5.26 Å². The number of nitrogens with zero attached hydrogens (tertiary/aromatic N) is 2. The average molecular weight is 280 g/mol. The zero-order valence-corrected chi connectivity index (χ0v) is 11.5. The minimum absolute atomic E-state index is 0.132. The Kier molecular flexibility index (Phi) is 2.72. The Labute approximate surface area is 122 Å². The highest BCUT2D eigenvalue weighted by atomic mass is 16.1. The third-order valence-corrected chi connectivity index (χ3v) is 4.71. The molecule has 2 bridgehead atoms. The van der Waals surface area contributed by atoms with Crippen LogP contribution in [0.1, 0.15) is 28.8 Å². The lowest BCUT2D eigenvalue weighted by atomic mass is 10.0. The van der Waals surface area contributed by atoms with E-state index in [4.69, 9.17) is 0 Å². The van der Waals surface area contributed by atoms with Gasteiger partial charge >= 0.3 is 0 Å². The van der Waals surface area contributed by atoms with E-state index in [9.17, 15) is 10.1 Å². The molecule has 0 radical (unpaired) electrons. The number of fused-ring (bicyclic) bond motifs is 3. The van der Waals surface area contributed by atoms with Gasteiger partial charge in [-0.25, -0.2) is 0 Å². The molecule has 2 fully saturated rings.